The van der Waals surface area contributed by atoms with Crippen LogP contribution in [0.3, 0.4) is 0 Å². The van der Waals surface area contributed by atoms with Gasteiger partial charge in [0.2, 0.25) is 0 Å². The molecule has 0 amide bonds. The first kappa shape index (κ1) is 13.0. The minimum absolute atomic E-state index is 0.228. The average Bonchev–Trinajstić information content (AvgIpc) is 2.28. The molecule has 0 bridgehead atoms. The van der Waals surface area contributed by atoms with Crippen molar-refractivity contribution in [3.05, 3.63) is 29.3 Å². The Morgan fingerprint density at radius 2 is 1.94 bits per heavy atom. The second-order valence-electron chi connectivity index (χ2n) is 4.00. The van der Waals surface area contributed by atoms with E-state index in [0.29, 0.717) is 13.2 Å². The van der Waals surface area contributed by atoms with Gasteiger partial charge < -0.3 is 14.8 Å². The number of hydrogen-bond donors (Lipinski definition) is 1. The number of likely N-dealkylation sites (N-methyl/N-ethyl adjacent to an activating group) is 1. The van der Waals surface area contributed by atoms with Gasteiger partial charge in [0.25, 0.3) is 0 Å². The third-order valence-electron chi connectivity index (χ3n) is 2.71. The molecule has 0 aromatic heterocycles. The van der Waals surface area contributed by atoms with E-state index in [0.717, 1.165) is 5.75 Å². The lowest BCUT2D eigenvalue weighted by molar-refractivity contribution is 0.140. The number of nitrogens with one attached hydrogen (secondary N) is 1. The van der Waals surface area contributed by atoms with Crippen molar-refractivity contribution >= 4 is 0 Å². The Balaban J connectivity index is 2.50. The zero-order chi connectivity index (χ0) is 12.0. The quantitative estimate of drug-likeness (QED) is 0.799. The van der Waals surface area contributed by atoms with Crippen LogP contribution in [0.15, 0.2) is 18.2 Å². The summed E-state index contributed by atoms with van der Waals surface area (Å²) in [5.74, 6) is 0.916. The normalized spacial score (nSPS) is 12.5. The molecule has 1 unspecified atom stereocenters. The number of hydrogen-bond acceptors (Lipinski definition) is 3. The van der Waals surface area contributed by atoms with Crippen LogP contribution in [0.25, 0.3) is 0 Å². The topological polar surface area (TPSA) is 30.5 Å². The van der Waals surface area contributed by atoms with Crippen molar-refractivity contribution < 1.29 is 9.47 Å². The van der Waals surface area contributed by atoms with Gasteiger partial charge >= 0.3 is 0 Å². The van der Waals surface area contributed by atoms with E-state index in [1.807, 2.05) is 13.1 Å². The fraction of sp³-hybridized carbons (Fsp3) is 0.538. The molecule has 0 saturated carbocycles. The van der Waals surface area contributed by atoms with E-state index < -0.39 is 0 Å². The third-order valence-corrected chi connectivity index (χ3v) is 2.71. The van der Waals surface area contributed by atoms with Gasteiger partial charge in [0.15, 0.2) is 0 Å². The van der Waals surface area contributed by atoms with Crippen LogP contribution in [-0.4, -0.2) is 33.4 Å². The van der Waals surface area contributed by atoms with E-state index in [2.05, 4.69) is 31.3 Å². The molecule has 90 valence electrons. The van der Waals surface area contributed by atoms with Crippen molar-refractivity contribution in [1.29, 1.82) is 0 Å². The minimum atomic E-state index is 0.228. The summed E-state index contributed by atoms with van der Waals surface area (Å²) in [5.41, 5.74) is 2.54. The molecule has 0 saturated heterocycles. The summed E-state index contributed by atoms with van der Waals surface area (Å²) in [7, 11) is 3.60. The highest BCUT2D eigenvalue weighted by Crippen LogP contribution is 2.16. The van der Waals surface area contributed by atoms with Gasteiger partial charge in [-0.1, -0.05) is 6.07 Å². The first-order valence-electron chi connectivity index (χ1n) is 5.53. The van der Waals surface area contributed by atoms with Crippen molar-refractivity contribution in [2.75, 3.05) is 27.4 Å². The van der Waals surface area contributed by atoms with Crippen LogP contribution in [-0.2, 0) is 4.74 Å². The molecule has 3 nitrogen and oxygen atoms in total. The lowest BCUT2D eigenvalue weighted by atomic mass is 10.1. The molecule has 1 aromatic carbocycles. The molecule has 0 aliphatic carbocycles. The predicted molar refractivity (Wildman–Crippen MR) is 66.1 cm³/mol. The maximum absolute atomic E-state index is 5.70. The maximum Gasteiger partial charge on any atom is 0.119 e. The standard InChI is InChI=1S/C13H21NO2/c1-10-5-6-13(7-11(10)2)16-9-12(14-3)8-15-4/h5-7,12,14H,8-9H2,1-4H3. The van der Waals surface area contributed by atoms with Gasteiger partial charge in [-0.2, -0.15) is 0 Å². The molecule has 1 N–H and O–H groups in total. The van der Waals surface area contributed by atoms with Gasteiger partial charge in [-0.05, 0) is 44.2 Å². The summed E-state index contributed by atoms with van der Waals surface area (Å²) in [6.45, 7) is 5.46. The fourth-order valence-corrected chi connectivity index (χ4v) is 1.42. The number of ether oxygens (including phenoxy) is 2. The van der Waals surface area contributed by atoms with E-state index >= 15 is 0 Å². The third kappa shape index (κ3) is 3.83. The van der Waals surface area contributed by atoms with Crippen LogP contribution in [0, 0.1) is 13.8 Å². The summed E-state index contributed by atoms with van der Waals surface area (Å²) in [5, 5.41) is 3.15. The Morgan fingerprint density at radius 3 is 2.50 bits per heavy atom. The second kappa shape index (κ2) is 6.51. The molecular weight excluding hydrogens is 202 g/mol. The number of benzene rings is 1. The molecule has 3 heteroatoms. The van der Waals surface area contributed by atoms with Crippen molar-refractivity contribution in [3.63, 3.8) is 0 Å². The summed E-state index contributed by atoms with van der Waals surface area (Å²) in [4.78, 5) is 0. The van der Waals surface area contributed by atoms with Crippen LogP contribution in [0.4, 0.5) is 0 Å². The summed E-state index contributed by atoms with van der Waals surface area (Å²) < 4.78 is 10.8. The average molecular weight is 223 g/mol. The molecule has 0 spiro atoms. The van der Waals surface area contributed by atoms with Gasteiger partial charge in [0.05, 0.1) is 12.6 Å². The summed E-state index contributed by atoms with van der Waals surface area (Å²) in [6.07, 6.45) is 0. The number of aryl methyl sites for hydroxylation is 2. The van der Waals surface area contributed by atoms with Crippen LogP contribution < -0.4 is 10.1 Å². The number of rotatable bonds is 6. The van der Waals surface area contributed by atoms with E-state index in [-0.39, 0.29) is 6.04 Å². The Kier molecular flexibility index (Phi) is 5.29. The van der Waals surface area contributed by atoms with Crippen LogP contribution >= 0.6 is 0 Å². The first-order valence-corrected chi connectivity index (χ1v) is 5.53. The minimum Gasteiger partial charge on any atom is -0.492 e. The van der Waals surface area contributed by atoms with Crippen molar-refractivity contribution in [1.82, 2.24) is 5.32 Å². The molecular formula is C13H21NO2. The van der Waals surface area contributed by atoms with E-state index in [4.69, 9.17) is 9.47 Å². The molecule has 0 fully saturated rings. The zero-order valence-electron chi connectivity index (χ0n) is 10.5. The zero-order valence-corrected chi connectivity index (χ0v) is 10.5. The van der Waals surface area contributed by atoms with Gasteiger partial charge in [-0.3, -0.25) is 0 Å². The SMILES string of the molecule is CNC(COC)COc1ccc(C)c(C)c1. The molecule has 0 radical (unpaired) electrons. The van der Waals surface area contributed by atoms with Crippen LogP contribution in [0.5, 0.6) is 5.75 Å². The highest BCUT2D eigenvalue weighted by Gasteiger charge is 2.06. The molecule has 0 heterocycles. The smallest absolute Gasteiger partial charge is 0.119 e. The van der Waals surface area contributed by atoms with Crippen LogP contribution in [0.2, 0.25) is 0 Å². The first-order chi connectivity index (χ1) is 7.67. The highest BCUT2D eigenvalue weighted by atomic mass is 16.5. The lowest BCUT2D eigenvalue weighted by Gasteiger charge is -2.16. The molecule has 1 rings (SSSR count). The molecule has 0 aliphatic rings. The van der Waals surface area contributed by atoms with Gasteiger partial charge in [0, 0.05) is 7.11 Å². The predicted octanol–water partition coefficient (Wildman–Crippen LogP) is 1.92. The fourth-order valence-electron chi connectivity index (χ4n) is 1.42. The molecule has 16 heavy (non-hydrogen) atoms. The second-order valence-corrected chi connectivity index (χ2v) is 4.00. The van der Waals surface area contributed by atoms with E-state index in [9.17, 15) is 0 Å². The Bertz CT molecular complexity index is 326. The largest absolute Gasteiger partial charge is 0.492 e. The molecule has 1 aromatic rings. The van der Waals surface area contributed by atoms with E-state index in [1.165, 1.54) is 11.1 Å². The number of methoxy groups -OCH3 is 1. The van der Waals surface area contributed by atoms with Gasteiger partial charge in [-0.25, -0.2) is 0 Å². The monoisotopic (exact) mass is 223 g/mol. The maximum atomic E-state index is 5.70. The van der Waals surface area contributed by atoms with Crippen LogP contribution in [0.1, 0.15) is 11.1 Å². The summed E-state index contributed by atoms with van der Waals surface area (Å²) in [6, 6.07) is 6.37. The Hall–Kier alpha value is -1.06. The van der Waals surface area contributed by atoms with Crippen molar-refractivity contribution in [2.45, 2.75) is 19.9 Å². The Labute approximate surface area is 97.8 Å². The lowest BCUT2D eigenvalue weighted by Crippen LogP contribution is -2.35. The van der Waals surface area contributed by atoms with Crippen molar-refractivity contribution in [3.8, 4) is 5.75 Å². The summed E-state index contributed by atoms with van der Waals surface area (Å²) >= 11 is 0. The molecule has 0 aliphatic heterocycles. The highest BCUT2D eigenvalue weighted by molar-refractivity contribution is 5.33. The molecule has 1 atom stereocenters. The van der Waals surface area contributed by atoms with E-state index in [1.54, 1.807) is 7.11 Å². The van der Waals surface area contributed by atoms with Gasteiger partial charge in [-0.15, -0.1) is 0 Å². The van der Waals surface area contributed by atoms with Gasteiger partial charge in [0.1, 0.15) is 12.4 Å². The Morgan fingerprint density at radius 1 is 1.19 bits per heavy atom. The van der Waals surface area contributed by atoms with Crippen molar-refractivity contribution in [2.24, 2.45) is 0 Å².